The molecule has 1 fully saturated rings. The fraction of sp³-hybridized carbons (Fsp3) is 0.733. The summed E-state index contributed by atoms with van der Waals surface area (Å²) >= 11 is 0. The van der Waals surface area contributed by atoms with Crippen LogP contribution in [0, 0.1) is 0 Å². The molecule has 0 aromatic rings. The molecule has 1 atom stereocenters. The van der Waals surface area contributed by atoms with Gasteiger partial charge in [-0.1, -0.05) is 6.08 Å². The van der Waals surface area contributed by atoms with Crippen molar-refractivity contribution in [1.29, 1.82) is 0 Å². The second-order valence-electron chi connectivity index (χ2n) is 5.32. The van der Waals surface area contributed by atoms with Crippen molar-refractivity contribution in [2.24, 2.45) is 0 Å². The summed E-state index contributed by atoms with van der Waals surface area (Å²) in [6.45, 7) is 9.52. The summed E-state index contributed by atoms with van der Waals surface area (Å²) in [5.41, 5.74) is 0. The molecule has 21 heavy (non-hydrogen) atoms. The molecule has 0 N–H and O–H groups in total. The first-order valence-corrected chi connectivity index (χ1v) is 7.52. The van der Waals surface area contributed by atoms with Crippen molar-refractivity contribution in [2.75, 3.05) is 33.3 Å². The number of hydrogen-bond acceptors (Lipinski definition) is 4. The zero-order valence-corrected chi connectivity index (χ0v) is 13.4. The van der Waals surface area contributed by atoms with E-state index in [1.165, 1.54) is 13.2 Å². The van der Waals surface area contributed by atoms with Gasteiger partial charge in [0.15, 0.2) is 6.17 Å². The number of nitrogens with zero attached hydrogens (tertiary/aromatic N) is 2. The fourth-order valence-corrected chi connectivity index (χ4v) is 2.94. The zero-order valence-electron chi connectivity index (χ0n) is 13.4. The van der Waals surface area contributed by atoms with Gasteiger partial charge >= 0.3 is 5.97 Å². The highest BCUT2D eigenvalue weighted by atomic mass is 16.5. The molecule has 1 aliphatic heterocycles. The van der Waals surface area contributed by atoms with Gasteiger partial charge in [0.1, 0.15) is 0 Å². The Balaban J connectivity index is 2.71. The Bertz CT molecular complexity index is 408. The minimum absolute atomic E-state index is 0.0694. The number of esters is 1. The molecule has 120 valence electrons. The van der Waals surface area contributed by atoms with Gasteiger partial charge in [-0.25, -0.2) is 0 Å². The maximum Gasteiger partial charge on any atom is 0.308 e. The van der Waals surface area contributed by atoms with E-state index < -0.39 is 5.97 Å². The lowest BCUT2D eigenvalue weighted by molar-refractivity contribution is -0.959. The summed E-state index contributed by atoms with van der Waals surface area (Å²) in [5.74, 6) is -0.786. The van der Waals surface area contributed by atoms with Crippen molar-refractivity contribution in [1.82, 2.24) is 4.90 Å². The average Bonchev–Trinajstić information content (AvgIpc) is 2.48. The Morgan fingerprint density at radius 2 is 1.95 bits per heavy atom. The van der Waals surface area contributed by atoms with E-state index in [2.05, 4.69) is 25.5 Å². The minimum Gasteiger partial charge on any atom is -0.875 e. The van der Waals surface area contributed by atoms with Gasteiger partial charge in [0.05, 0.1) is 39.6 Å². The lowest BCUT2D eigenvalue weighted by Gasteiger charge is -2.52. The van der Waals surface area contributed by atoms with E-state index in [0.717, 1.165) is 24.1 Å². The van der Waals surface area contributed by atoms with Gasteiger partial charge in [0.25, 0.3) is 0 Å². The highest BCUT2D eigenvalue weighted by molar-refractivity contribution is 5.82. The quantitative estimate of drug-likeness (QED) is 0.278. The van der Waals surface area contributed by atoms with Crippen LogP contribution in [0.25, 0.3) is 0 Å². The number of hydrogen-bond donors (Lipinski definition) is 0. The zero-order chi connectivity index (χ0) is 16.0. The van der Waals surface area contributed by atoms with E-state index in [4.69, 9.17) is 0 Å². The molecule has 0 spiro atoms. The van der Waals surface area contributed by atoms with Crippen LogP contribution in [-0.4, -0.2) is 60.7 Å². The minimum atomic E-state index is -0.552. The van der Waals surface area contributed by atoms with Crippen LogP contribution in [0.2, 0.25) is 0 Å². The molecule has 0 aromatic carbocycles. The lowest BCUT2D eigenvalue weighted by atomic mass is 10.0. The van der Waals surface area contributed by atoms with Crippen LogP contribution in [0.3, 0.4) is 0 Å². The third-order valence-corrected chi connectivity index (χ3v) is 4.62. The number of amides is 1. The van der Waals surface area contributed by atoms with Crippen molar-refractivity contribution in [2.45, 2.75) is 39.8 Å². The van der Waals surface area contributed by atoms with Crippen molar-refractivity contribution in [3.05, 3.63) is 11.8 Å². The van der Waals surface area contributed by atoms with Crippen molar-refractivity contribution < 1.29 is 23.9 Å². The van der Waals surface area contributed by atoms with Gasteiger partial charge in [-0.2, -0.15) is 0 Å². The monoisotopic (exact) mass is 298 g/mol. The topological polar surface area (TPSA) is 69.7 Å². The summed E-state index contributed by atoms with van der Waals surface area (Å²) in [6, 6.07) is 0. The van der Waals surface area contributed by atoms with Gasteiger partial charge in [-0.15, -0.1) is 5.76 Å². The second-order valence-corrected chi connectivity index (χ2v) is 5.32. The number of quaternary nitrogens is 1. The predicted octanol–water partition coefficient (Wildman–Crippen LogP) is 0.229. The van der Waals surface area contributed by atoms with Crippen molar-refractivity contribution >= 4 is 11.9 Å². The number of methoxy groups -OCH3 is 1. The smallest absolute Gasteiger partial charge is 0.308 e. The van der Waals surface area contributed by atoms with Crippen molar-refractivity contribution in [3.63, 3.8) is 0 Å². The molecule has 0 aromatic heterocycles. The van der Waals surface area contributed by atoms with E-state index in [1.54, 1.807) is 4.90 Å². The molecule has 1 rings (SSSR count). The largest absolute Gasteiger partial charge is 0.875 e. The molecule has 6 nitrogen and oxygen atoms in total. The third-order valence-electron chi connectivity index (χ3n) is 4.62. The van der Waals surface area contributed by atoms with Crippen LogP contribution in [0.15, 0.2) is 11.8 Å². The molecule has 1 amide bonds. The molecule has 0 saturated carbocycles. The van der Waals surface area contributed by atoms with Gasteiger partial charge in [-0.05, 0) is 20.8 Å². The van der Waals surface area contributed by atoms with Crippen LogP contribution in [0.4, 0.5) is 0 Å². The van der Waals surface area contributed by atoms with Crippen LogP contribution < -0.4 is 5.11 Å². The predicted molar refractivity (Wildman–Crippen MR) is 76.7 cm³/mol. The van der Waals surface area contributed by atoms with E-state index in [1.807, 2.05) is 0 Å². The summed E-state index contributed by atoms with van der Waals surface area (Å²) in [6.07, 6.45) is 1.82. The summed E-state index contributed by atoms with van der Waals surface area (Å²) in [7, 11) is 1.25. The molecular weight excluding hydrogens is 272 g/mol. The number of rotatable bonds is 8. The number of carbonyl (C=O) groups excluding carboxylic acids is 2. The molecule has 1 saturated heterocycles. The summed E-state index contributed by atoms with van der Waals surface area (Å²) in [5, 5.41) is 11.6. The van der Waals surface area contributed by atoms with Gasteiger partial charge in [-0.3, -0.25) is 14.5 Å². The van der Waals surface area contributed by atoms with E-state index >= 15 is 0 Å². The number of ether oxygens (including phenoxy) is 1. The van der Waals surface area contributed by atoms with E-state index in [-0.39, 0.29) is 30.8 Å². The first-order chi connectivity index (χ1) is 9.93. The average molecular weight is 298 g/mol. The molecular formula is C15H26N2O4. The Kier molecular flexibility index (Phi) is 6.20. The SMILES string of the molecule is CC[N+](CC)(CC)C1CC(=O)N1CC=C([O-])CC(=O)OC. The van der Waals surface area contributed by atoms with Crippen LogP contribution >= 0.6 is 0 Å². The van der Waals surface area contributed by atoms with E-state index in [0.29, 0.717) is 6.42 Å². The molecule has 0 bridgehead atoms. The highest BCUT2D eigenvalue weighted by Crippen LogP contribution is 2.29. The lowest BCUT2D eigenvalue weighted by Crippen LogP contribution is -2.70. The number of carbonyl (C=O) groups is 2. The standard InChI is InChI=1S/C15H26N2O4/c1-5-17(6-2,7-3)13-11-14(19)16(13)9-8-12(18)10-15(20)21-4/h8,13H,5-7,9-11H2,1-4H3. The van der Waals surface area contributed by atoms with Crippen LogP contribution in [0.1, 0.15) is 33.6 Å². The summed E-state index contributed by atoms with van der Waals surface area (Å²) < 4.78 is 5.31. The fourth-order valence-electron chi connectivity index (χ4n) is 2.94. The number of β-lactam (4-membered cyclic amide) rings is 1. The summed E-state index contributed by atoms with van der Waals surface area (Å²) in [4.78, 5) is 24.6. The third kappa shape index (κ3) is 3.75. The van der Waals surface area contributed by atoms with Gasteiger partial charge < -0.3 is 14.3 Å². The molecule has 1 unspecified atom stereocenters. The Morgan fingerprint density at radius 3 is 2.38 bits per heavy atom. The highest BCUT2D eigenvalue weighted by Gasteiger charge is 2.48. The maximum atomic E-state index is 11.8. The van der Waals surface area contributed by atoms with Gasteiger partial charge in [0.2, 0.25) is 5.91 Å². The van der Waals surface area contributed by atoms with E-state index in [9.17, 15) is 14.7 Å². The normalized spacial score (nSPS) is 19.4. The first-order valence-electron chi connectivity index (χ1n) is 7.52. The molecule has 1 aliphatic rings. The molecule has 1 heterocycles. The van der Waals surface area contributed by atoms with Crippen molar-refractivity contribution in [3.8, 4) is 0 Å². The van der Waals surface area contributed by atoms with Crippen LogP contribution in [-0.2, 0) is 14.3 Å². The second kappa shape index (κ2) is 7.45. The molecule has 0 aliphatic carbocycles. The Morgan fingerprint density at radius 1 is 1.38 bits per heavy atom. The first kappa shape index (κ1) is 17.5. The number of likely N-dealkylation sites (tertiary alicyclic amines) is 1. The van der Waals surface area contributed by atoms with Gasteiger partial charge in [0, 0.05) is 6.54 Å². The molecule has 6 heteroatoms. The van der Waals surface area contributed by atoms with Crippen LogP contribution in [0.5, 0.6) is 0 Å². The molecule has 0 radical (unpaired) electrons. The maximum absolute atomic E-state index is 11.8. The Labute approximate surface area is 126 Å². The Hall–Kier alpha value is -1.56.